The van der Waals surface area contributed by atoms with Gasteiger partial charge >= 0.3 is 0 Å². The van der Waals surface area contributed by atoms with Gasteiger partial charge in [-0.3, -0.25) is 14.4 Å². The van der Waals surface area contributed by atoms with Gasteiger partial charge in [-0.2, -0.15) is 5.10 Å². The van der Waals surface area contributed by atoms with Gasteiger partial charge in [-0.05, 0) is 12.5 Å². The van der Waals surface area contributed by atoms with Crippen molar-refractivity contribution in [3.8, 4) is 0 Å². The predicted octanol–water partition coefficient (Wildman–Crippen LogP) is -0.382. The molecular weight excluding hydrogens is 242 g/mol. The molecule has 1 aliphatic heterocycles. The summed E-state index contributed by atoms with van der Waals surface area (Å²) < 4.78 is 1.65. The number of nitrogens with one attached hydrogen (secondary N) is 2. The van der Waals surface area contributed by atoms with Crippen LogP contribution in [0.3, 0.4) is 0 Å². The second kappa shape index (κ2) is 6.68. The molecule has 2 rings (SSSR count). The van der Waals surface area contributed by atoms with Crippen molar-refractivity contribution >= 4 is 5.91 Å². The van der Waals surface area contributed by atoms with E-state index in [1.165, 1.54) is 0 Å². The van der Waals surface area contributed by atoms with E-state index >= 15 is 0 Å². The summed E-state index contributed by atoms with van der Waals surface area (Å²) in [5.41, 5.74) is 1.59. The largest absolute Gasteiger partial charge is 0.349 e. The van der Waals surface area contributed by atoms with Crippen LogP contribution in [0.5, 0.6) is 0 Å². The molecule has 0 radical (unpaired) electrons. The van der Waals surface area contributed by atoms with Gasteiger partial charge in [-0.15, -0.1) is 0 Å². The highest BCUT2D eigenvalue weighted by Gasteiger charge is 2.13. The second-order valence-electron chi connectivity index (χ2n) is 4.85. The van der Waals surface area contributed by atoms with Gasteiger partial charge in [-0.25, -0.2) is 0 Å². The van der Waals surface area contributed by atoms with Crippen LogP contribution in [-0.2, 0) is 13.5 Å². The van der Waals surface area contributed by atoms with E-state index < -0.39 is 0 Å². The number of piperazine rings is 1. The number of carbonyl (C=O) groups is 1. The first-order valence-electron chi connectivity index (χ1n) is 6.95. The first kappa shape index (κ1) is 14.0. The highest BCUT2D eigenvalue weighted by atomic mass is 16.2. The van der Waals surface area contributed by atoms with E-state index in [4.69, 9.17) is 0 Å². The van der Waals surface area contributed by atoms with Crippen LogP contribution in [0.25, 0.3) is 0 Å². The Kier molecular flexibility index (Phi) is 4.93. The molecule has 2 heterocycles. The molecule has 1 fully saturated rings. The molecular formula is C13H23N5O. The fourth-order valence-corrected chi connectivity index (χ4v) is 2.26. The molecule has 106 valence electrons. The summed E-state index contributed by atoms with van der Waals surface area (Å²) in [7, 11) is 1.81. The highest BCUT2D eigenvalue weighted by Crippen LogP contribution is 2.03. The Morgan fingerprint density at radius 1 is 1.47 bits per heavy atom. The number of carbonyl (C=O) groups excluding carboxylic acids is 1. The molecule has 6 nitrogen and oxygen atoms in total. The van der Waals surface area contributed by atoms with Gasteiger partial charge in [0.05, 0.1) is 5.69 Å². The zero-order valence-corrected chi connectivity index (χ0v) is 11.8. The number of hydrogen-bond acceptors (Lipinski definition) is 4. The molecule has 1 aromatic rings. The standard InChI is InChI=1S/C13H23N5O/c1-3-11-10-12(17(2)16-11)13(19)15-6-9-18-7-4-14-5-8-18/h10,14H,3-9H2,1-2H3,(H,15,19). The SMILES string of the molecule is CCc1cc(C(=O)NCCN2CCNCC2)n(C)n1. The van der Waals surface area contributed by atoms with E-state index in [9.17, 15) is 4.79 Å². The average molecular weight is 265 g/mol. The molecule has 1 saturated heterocycles. The first-order chi connectivity index (χ1) is 9.20. The summed E-state index contributed by atoms with van der Waals surface area (Å²) in [5.74, 6) is -0.0372. The van der Waals surface area contributed by atoms with E-state index in [1.54, 1.807) is 4.68 Å². The lowest BCUT2D eigenvalue weighted by atomic mass is 10.3. The Bertz CT molecular complexity index is 423. The zero-order valence-electron chi connectivity index (χ0n) is 11.8. The molecule has 6 heteroatoms. The lowest BCUT2D eigenvalue weighted by Crippen LogP contribution is -2.46. The van der Waals surface area contributed by atoms with Crippen molar-refractivity contribution in [1.82, 2.24) is 25.3 Å². The van der Waals surface area contributed by atoms with Crippen molar-refractivity contribution < 1.29 is 4.79 Å². The summed E-state index contributed by atoms with van der Waals surface area (Å²) in [6, 6.07) is 1.86. The van der Waals surface area contributed by atoms with Crippen molar-refractivity contribution in [2.45, 2.75) is 13.3 Å². The number of hydrogen-bond donors (Lipinski definition) is 2. The summed E-state index contributed by atoms with van der Waals surface area (Å²) in [5, 5.41) is 10.6. The van der Waals surface area contributed by atoms with Crippen LogP contribution >= 0.6 is 0 Å². The zero-order chi connectivity index (χ0) is 13.7. The molecule has 0 unspecified atom stereocenters. The molecule has 0 spiro atoms. The number of rotatable bonds is 5. The van der Waals surface area contributed by atoms with E-state index in [2.05, 4.69) is 20.6 Å². The van der Waals surface area contributed by atoms with Gasteiger partial charge in [0.2, 0.25) is 0 Å². The van der Waals surface area contributed by atoms with Crippen LogP contribution in [0.2, 0.25) is 0 Å². The maximum absolute atomic E-state index is 12.0. The van der Waals surface area contributed by atoms with Crippen molar-refractivity contribution in [3.63, 3.8) is 0 Å². The van der Waals surface area contributed by atoms with Crippen molar-refractivity contribution in [3.05, 3.63) is 17.5 Å². The third kappa shape index (κ3) is 3.78. The molecule has 0 aliphatic carbocycles. The van der Waals surface area contributed by atoms with Gasteiger partial charge in [-0.1, -0.05) is 6.92 Å². The van der Waals surface area contributed by atoms with Gasteiger partial charge < -0.3 is 10.6 Å². The van der Waals surface area contributed by atoms with Gasteiger partial charge in [0.15, 0.2) is 0 Å². The smallest absolute Gasteiger partial charge is 0.269 e. The van der Waals surface area contributed by atoms with Crippen LogP contribution < -0.4 is 10.6 Å². The highest BCUT2D eigenvalue weighted by molar-refractivity contribution is 5.92. The minimum absolute atomic E-state index is 0.0372. The second-order valence-corrected chi connectivity index (χ2v) is 4.85. The predicted molar refractivity (Wildman–Crippen MR) is 74.2 cm³/mol. The van der Waals surface area contributed by atoms with Gasteiger partial charge in [0.25, 0.3) is 5.91 Å². The van der Waals surface area contributed by atoms with Gasteiger partial charge in [0, 0.05) is 46.3 Å². The van der Waals surface area contributed by atoms with Crippen LogP contribution in [0.1, 0.15) is 23.1 Å². The van der Waals surface area contributed by atoms with Crippen LogP contribution in [0.15, 0.2) is 6.07 Å². The topological polar surface area (TPSA) is 62.2 Å². The normalized spacial score (nSPS) is 16.5. The maximum Gasteiger partial charge on any atom is 0.269 e. The molecule has 1 aliphatic rings. The minimum atomic E-state index is -0.0372. The Hall–Kier alpha value is -1.40. The molecule has 0 saturated carbocycles. The van der Waals surface area contributed by atoms with E-state index in [1.807, 2.05) is 20.0 Å². The van der Waals surface area contributed by atoms with E-state index in [0.717, 1.165) is 44.8 Å². The van der Waals surface area contributed by atoms with E-state index in [-0.39, 0.29) is 5.91 Å². The molecule has 2 N–H and O–H groups in total. The molecule has 1 amide bonds. The van der Waals surface area contributed by atoms with Crippen molar-refractivity contribution in [2.75, 3.05) is 39.3 Å². The summed E-state index contributed by atoms with van der Waals surface area (Å²) in [6.45, 7) is 7.82. The van der Waals surface area contributed by atoms with Crippen LogP contribution in [0, 0.1) is 0 Å². The summed E-state index contributed by atoms with van der Waals surface area (Å²) >= 11 is 0. The first-order valence-corrected chi connectivity index (χ1v) is 6.95. The average Bonchev–Trinajstić information content (AvgIpc) is 2.81. The number of amides is 1. The molecule has 0 bridgehead atoms. The fraction of sp³-hybridized carbons (Fsp3) is 0.692. The number of aryl methyl sites for hydroxylation is 2. The van der Waals surface area contributed by atoms with Crippen LogP contribution in [0.4, 0.5) is 0 Å². The monoisotopic (exact) mass is 265 g/mol. The molecule has 0 atom stereocenters. The van der Waals surface area contributed by atoms with E-state index in [0.29, 0.717) is 12.2 Å². The maximum atomic E-state index is 12.0. The Balaban J connectivity index is 1.78. The number of nitrogens with zero attached hydrogens (tertiary/aromatic N) is 3. The third-order valence-corrected chi connectivity index (χ3v) is 3.45. The molecule has 1 aromatic heterocycles. The summed E-state index contributed by atoms with van der Waals surface area (Å²) in [4.78, 5) is 14.4. The van der Waals surface area contributed by atoms with Crippen molar-refractivity contribution in [1.29, 1.82) is 0 Å². The Morgan fingerprint density at radius 3 is 2.84 bits per heavy atom. The van der Waals surface area contributed by atoms with Gasteiger partial charge in [0.1, 0.15) is 5.69 Å². The Labute approximate surface area is 114 Å². The number of aromatic nitrogens is 2. The molecule has 19 heavy (non-hydrogen) atoms. The van der Waals surface area contributed by atoms with Crippen LogP contribution in [-0.4, -0.2) is 59.9 Å². The lowest BCUT2D eigenvalue weighted by Gasteiger charge is -2.27. The summed E-state index contributed by atoms with van der Waals surface area (Å²) in [6.07, 6.45) is 0.849. The minimum Gasteiger partial charge on any atom is -0.349 e. The van der Waals surface area contributed by atoms with Crippen molar-refractivity contribution in [2.24, 2.45) is 7.05 Å². The Morgan fingerprint density at radius 2 is 2.21 bits per heavy atom. The molecule has 0 aromatic carbocycles. The quantitative estimate of drug-likeness (QED) is 0.762. The third-order valence-electron chi connectivity index (χ3n) is 3.45. The lowest BCUT2D eigenvalue weighted by molar-refractivity contribution is 0.0938. The fourth-order valence-electron chi connectivity index (χ4n) is 2.26.